The molecule has 0 aromatic carbocycles. The molecule has 1 atom stereocenters. The molecule has 27 heavy (non-hydrogen) atoms. The van der Waals surface area contributed by atoms with Gasteiger partial charge < -0.3 is 9.47 Å². The van der Waals surface area contributed by atoms with Gasteiger partial charge in [-0.3, -0.25) is 9.35 Å². The zero-order chi connectivity index (χ0) is 20.0. The monoisotopic (exact) mass is 414 g/mol. The Morgan fingerprint density at radius 3 is 2.00 bits per heavy atom. The summed E-state index contributed by atoms with van der Waals surface area (Å²) < 4.78 is 77.6. The van der Waals surface area contributed by atoms with Gasteiger partial charge in [0.25, 0.3) is 0 Å². The predicted octanol–water partition coefficient (Wildman–Crippen LogP) is 2.11. The smallest absolute Gasteiger partial charge is 0.403 e. The van der Waals surface area contributed by atoms with Crippen LogP contribution in [0.1, 0.15) is 38.5 Å². The molecule has 4 rings (SSSR count). The Bertz CT molecular complexity index is 686. The zero-order valence-electron chi connectivity index (χ0n) is 14.4. The summed E-state index contributed by atoms with van der Waals surface area (Å²) in [5.74, 6) is -0.373. The highest BCUT2D eigenvalue weighted by Crippen LogP contribution is 2.60. The summed E-state index contributed by atoms with van der Waals surface area (Å²) in [5.41, 5.74) is -0.615. The first-order chi connectivity index (χ1) is 12.4. The molecule has 4 aliphatic rings. The lowest BCUT2D eigenvalue weighted by atomic mass is 9.49. The van der Waals surface area contributed by atoms with Crippen molar-refractivity contribution in [2.24, 2.45) is 23.2 Å². The lowest BCUT2D eigenvalue weighted by Crippen LogP contribution is -2.50. The van der Waals surface area contributed by atoms with E-state index >= 15 is 0 Å². The Kier molecular flexibility index (Phi) is 5.21. The van der Waals surface area contributed by atoms with Crippen LogP contribution in [0.25, 0.3) is 0 Å². The first-order valence-electron chi connectivity index (χ1n) is 8.75. The maximum Gasteiger partial charge on any atom is 0.403 e. The van der Waals surface area contributed by atoms with Crippen molar-refractivity contribution in [3.8, 4) is 0 Å². The van der Waals surface area contributed by atoms with E-state index in [1.54, 1.807) is 0 Å². The van der Waals surface area contributed by atoms with Crippen molar-refractivity contribution < 1.29 is 45.2 Å². The van der Waals surface area contributed by atoms with Crippen LogP contribution in [-0.2, 0) is 29.2 Å². The zero-order valence-corrected chi connectivity index (χ0v) is 15.2. The highest BCUT2D eigenvalue weighted by Gasteiger charge is 2.56. The molecule has 1 unspecified atom stereocenters. The van der Waals surface area contributed by atoms with Gasteiger partial charge in [0.1, 0.15) is 6.61 Å². The van der Waals surface area contributed by atoms with Gasteiger partial charge in [-0.05, 0) is 56.3 Å². The number of alkyl halides is 3. The first kappa shape index (κ1) is 20.4. The first-order valence-corrected chi connectivity index (χ1v) is 10.2. The molecule has 0 saturated heterocycles. The van der Waals surface area contributed by atoms with Gasteiger partial charge >= 0.3 is 27.3 Å². The third-order valence-electron chi connectivity index (χ3n) is 5.89. The number of hydrogen-bond donors (Lipinski definition) is 1. The molecule has 1 N–H and O–H groups in total. The molecule has 154 valence electrons. The van der Waals surface area contributed by atoms with Crippen LogP contribution in [0.5, 0.6) is 0 Å². The maximum atomic E-state index is 13.3. The molecule has 0 spiro atoms. The molecule has 0 radical (unpaired) electrons. The van der Waals surface area contributed by atoms with Crippen LogP contribution >= 0.6 is 0 Å². The Hall–Kier alpha value is -1.36. The summed E-state index contributed by atoms with van der Waals surface area (Å²) in [6.07, 6.45) is 1.99. The second-order valence-electron chi connectivity index (χ2n) is 7.96. The summed E-state index contributed by atoms with van der Waals surface area (Å²) in [6, 6.07) is 0. The van der Waals surface area contributed by atoms with Crippen LogP contribution in [0, 0.1) is 23.2 Å². The Morgan fingerprint density at radius 1 is 1.07 bits per heavy atom. The largest absolute Gasteiger partial charge is 0.460 e. The van der Waals surface area contributed by atoms with Crippen LogP contribution in [0.2, 0.25) is 0 Å². The van der Waals surface area contributed by atoms with E-state index in [9.17, 15) is 31.2 Å². The average molecular weight is 414 g/mol. The van der Waals surface area contributed by atoms with Crippen LogP contribution in [0.4, 0.5) is 13.2 Å². The number of ether oxygens (including phenoxy) is 2. The summed E-state index contributed by atoms with van der Waals surface area (Å²) in [4.78, 5) is 24.0. The summed E-state index contributed by atoms with van der Waals surface area (Å²) in [6.45, 7) is -2.47. The molecule has 4 fully saturated rings. The quantitative estimate of drug-likeness (QED) is 0.502. The van der Waals surface area contributed by atoms with Crippen LogP contribution < -0.4 is 0 Å². The second-order valence-corrected chi connectivity index (χ2v) is 9.46. The number of rotatable bonds is 7. The minimum Gasteiger partial charge on any atom is -0.460 e. The number of carbonyl (C=O) groups is 2. The van der Waals surface area contributed by atoms with E-state index in [-0.39, 0.29) is 0 Å². The van der Waals surface area contributed by atoms with Gasteiger partial charge in [0.15, 0.2) is 6.61 Å². The normalized spacial score (nSPS) is 33.6. The third kappa shape index (κ3) is 3.94. The van der Waals surface area contributed by atoms with Crippen LogP contribution in [0.15, 0.2) is 0 Å². The van der Waals surface area contributed by atoms with Gasteiger partial charge in [0, 0.05) is 0 Å². The number of hydrogen-bond acceptors (Lipinski definition) is 6. The molecule has 4 saturated carbocycles. The van der Waals surface area contributed by atoms with Crippen molar-refractivity contribution in [3.05, 3.63) is 0 Å². The Balaban J connectivity index is 1.48. The minimum absolute atomic E-state index is 0.478. The molecule has 0 heterocycles. The van der Waals surface area contributed by atoms with Gasteiger partial charge in [-0.15, -0.1) is 0 Å². The molecule has 0 aromatic rings. The second kappa shape index (κ2) is 6.91. The van der Waals surface area contributed by atoms with Crippen molar-refractivity contribution >= 4 is 22.1 Å². The maximum absolute atomic E-state index is 13.3. The predicted molar refractivity (Wildman–Crippen MR) is 83.9 cm³/mol. The van der Waals surface area contributed by atoms with E-state index in [2.05, 4.69) is 4.74 Å². The molecule has 11 heteroatoms. The van der Waals surface area contributed by atoms with Crippen molar-refractivity contribution in [2.75, 3.05) is 13.2 Å². The molecule has 0 aromatic heterocycles. The summed E-state index contributed by atoms with van der Waals surface area (Å²) >= 11 is 0. The molecule has 4 bridgehead atoms. The highest BCUT2D eigenvalue weighted by atomic mass is 32.2. The summed E-state index contributed by atoms with van der Waals surface area (Å²) in [5, 5.41) is -5.11. The topological polar surface area (TPSA) is 107 Å². The average Bonchev–Trinajstić information content (AvgIpc) is 2.55. The van der Waals surface area contributed by atoms with Crippen LogP contribution in [-0.4, -0.2) is 49.5 Å². The molecular weight excluding hydrogens is 393 g/mol. The van der Waals surface area contributed by atoms with Crippen molar-refractivity contribution in [1.82, 2.24) is 0 Å². The standard InChI is InChI=1S/C16H21F3O7S/c17-12(16(18,19)27(22,23)24)7-25-13(20)8-26-14(21)15-4-9-1-10(5-15)3-11(2-9)6-15/h9-12H,1-8H2,(H,22,23,24). The van der Waals surface area contributed by atoms with E-state index in [4.69, 9.17) is 9.29 Å². The fourth-order valence-corrected chi connectivity index (χ4v) is 5.50. The van der Waals surface area contributed by atoms with Gasteiger partial charge in [0.2, 0.25) is 6.17 Å². The van der Waals surface area contributed by atoms with E-state index in [1.165, 1.54) is 0 Å². The molecule has 0 amide bonds. The number of esters is 2. The summed E-state index contributed by atoms with van der Waals surface area (Å²) in [7, 11) is -5.99. The molecule has 4 aliphatic carbocycles. The Morgan fingerprint density at radius 2 is 1.56 bits per heavy atom. The van der Waals surface area contributed by atoms with Crippen molar-refractivity contribution in [2.45, 2.75) is 50.0 Å². The lowest BCUT2D eigenvalue weighted by Gasteiger charge is -2.55. The Labute approximate surface area is 154 Å². The minimum atomic E-state index is -5.99. The molecule has 7 nitrogen and oxygen atoms in total. The fraction of sp³-hybridized carbons (Fsp3) is 0.875. The van der Waals surface area contributed by atoms with Gasteiger partial charge in [-0.1, -0.05) is 0 Å². The molecule has 0 aliphatic heterocycles. The van der Waals surface area contributed by atoms with Crippen LogP contribution in [0.3, 0.4) is 0 Å². The third-order valence-corrected chi connectivity index (χ3v) is 6.84. The highest BCUT2D eigenvalue weighted by molar-refractivity contribution is 7.86. The van der Waals surface area contributed by atoms with Gasteiger partial charge in [0.05, 0.1) is 5.41 Å². The van der Waals surface area contributed by atoms with Crippen molar-refractivity contribution in [3.63, 3.8) is 0 Å². The van der Waals surface area contributed by atoms with Crippen molar-refractivity contribution in [1.29, 1.82) is 0 Å². The van der Waals surface area contributed by atoms with E-state index in [0.29, 0.717) is 37.0 Å². The number of halogens is 3. The lowest BCUT2D eigenvalue weighted by molar-refractivity contribution is -0.178. The fourth-order valence-electron chi connectivity index (χ4n) is 5.10. The van der Waals surface area contributed by atoms with Gasteiger partial charge in [-0.2, -0.15) is 17.2 Å². The SMILES string of the molecule is O=C(COC(=O)C12CC3CC(CC(C3)C1)C2)OCC(F)C(F)(F)S(=O)(=O)O. The number of carbonyl (C=O) groups excluding carboxylic acids is 2. The van der Waals surface area contributed by atoms with Gasteiger partial charge in [-0.25, -0.2) is 9.18 Å². The van der Waals surface area contributed by atoms with E-state index < -0.39 is 52.1 Å². The van der Waals surface area contributed by atoms with E-state index in [1.807, 2.05) is 0 Å². The molecular formula is C16H21F3O7S. The van der Waals surface area contributed by atoms with E-state index in [0.717, 1.165) is 19.3 Å².